The molecule has 1 aromatic heterocycles. The number of hydrogen-bond donors (Lipinski definition) is 0. The van der Waals surface area contributed by atoms with Gasteiger partial charge in [0, 0.05) is 6.07 Å². The van der Waals surface area contributed by atoms with Crippen LogP contribution >= 0.6 is 0 Å². The van der Waals surface area contributed by atoms with Gasteiger partial charge < -0.3 is 8.84 Å². The predicted octanol–water partition coefficient (Wildman–Crippen LogP) is 4.31. The van der Waals surface area contributed by atoms with Gasteiger partial charge in [-0.15, -0.1) is 0 Å². The molecule has 0 N–H and O–H groups in total. The van der Waals surface area contributed by atoms with Crippen molar-refractivity contribution < 1.29 is 8.84 Å². The molecular formula is C12H20O2Si. The minimum Gasteiger partial charge on any atom is -0.519 e. The molecule has 84 valence electrons. The van der Waals surface area contributed by atoms with Gasteiger partial charge >= 0.3 is 0 Å². The van der Waals surface area contributed by atoms with Crippen LogP contribution in [0.2, 0.25) is 18.1 Å². The maximum atomic E-state index is 5.97. The van der Waals surface area contributed by atoms with Gasteiger partial charge in [0.25, 0.3) is 14.3 Å². The molecule has 0 spiro atoms. The van der Waals surface area contributed by atoms with Crippen molar-refractivity contribution in [2.24, 2.45) is 0 Å². The molecule has 1 heterocycles. The Morgan fingerprint density at radius 2 is 1.93 bits per heavy atom. The van der Waals surface area contributed by atoms with Gasteiger partial charge in [-0.2, -0.15) is 0 Å². The van der Waals surface area contributed by atoms with E-state index in [2.05, 4.69) is 40.4 Å². The van der Waals surface area contributed by atoms with Gasteiger partial charge in [0.1, 0.15) is 5.76 Å². The van der Waals surface area contributed by atoms with Crippen molar-refractivity contribution in [3.05, 3.63) is 24.5 Å². The van der Waals surface area contributed by atoms with Crippen molar-refractivity contribution in [2.45, 2.75) is 38.9 Å². The van der Waals surface area contributed by atoms with E-state index >= 15 is 0 Å². The maximum Gasteiger partial charge on any atom is 0.270 e. The third-order valence-corrected chi connectivity index (χ3v) is 7.29. The minimum absolute atomic E-state index is 0.189. The van der Waals surface area contributed by atoms with Gasteiger partial charge in [0.2, 0.25) is 0 Å². The molecule has 0 aliphatic carbocycles. The van der Waals surface area contributed by atoms with Gasteiger partial charge in [-0.1, -0.05) is 27.4 Å². The second-order valence-corrected chi connectivity index (χ2v) is 9.95. The normalized spacial score (nSPS) is 12.6. The van der Waals surface area contributed by atoms with E-state index in [1.54, 1.807) is 6.08 Å². The number of furan rings is 1. The summed E-state index contributed by atoms with van der Waals surface area (Å²) in [5, 5.41) is 0.189. The van der Waals surface area contributed by atoms with Gasteiger partial charge in [0.05, 0.1) is 0 Å². The van der Waals surface area contributed by atoms with Crippen LogP contribution < -0.4 is 4.43 Å². The summed E-state index contributed by atoms with van der Waals surface area (Å²) in [5.41, 5.74) is 0. The first-order chi connectivity index (χ1) is 6.76. The molecule has 3 heteroatoms. The van der Waals surface area contributed by atoms with Crippen molar-refractivity contribution >= 4 is 14.4 Å². The van der Waals surface area contributed by atoms with E-state index in [1.165, 1.54) is 0 Å². The highest BCUT2D eigenvalue weighted by Crippen LogP contribution is 2.37. The molecule has 1 rings (SSSR count). The van der Waals surface area contributed by atoms with Crippen LogP contribution in [0, 0.1) is 0 Å². The van der Waals surface area contributed by atoms with Crippen LogP contribution in [-0.2, 0) is 0 Å². The molecule has 0 saturated heterocycles. The van der Waals surface area contributed by atoms with Crippen molar-refractivity contribution in [1.29, 1.82) is 0 Å². The molecule has 0 aliphatic rings. The highest BCUT2D eigenvalue weighted by atomic mass is 28.4. The highest BCUT2D eigenvalue weighted by Gasteiger charge is 2.39. The lowest BCUT2D eigenvalue weighted by Gasteiger charge is -2.35. The van der Waals surface area contributed by atoms with Gasteiger partial charge in [-0.3, -0.25) is 0 Å². The first-order valence-corrected chi connectivity index (χ1v) is 8.08. The molecule has 1 aromatic rings. The van der Waals surface area contributed by atoms with Crippen LogP contribution in [0.25, 0.3) is 6.08 Å². The van der Waals surface area contributed by atoms with E-state index in [4.69, 9.17) is 8.84 Å². The number of hydrogen-bond acceptors (Lipinski definition) is 2. The van der Waals surface area contributed by atoms with Gasteiger partial charge in [-0.25, -0.2) is 0 Å². The van der Waals surface area contributed by atoms with E-state index in [9.17, 15) is 0 Å². The molecule has 15 heavy (non-hydrogen) atoms. The molecule has 0 aromatic carbocycles. The molecular weight excluding hydrogens is 204 g/mol. The highest BCUT2D eigenvalue weighted by molar-refractivity contribution is 6.74. The lowest BCUT2D eigenvalue weighted by molar-refractivity contribution is 0.363. The summed E-state index contributed by atoms with van der Waals surface area (Å²) in [6.45, 7) is 14.7. The Bertz CT molecular complexity index is 345. The lowest BCUT2D eigenvalue weighted by Crippen LogP contribution is -2.43. The van der Waals surface area contributed by atoms with E-state index in [0.717, 1.165) is 5.76 Å². The maximum absolute atomic E-state index is 5.97. The van der Waals surface area contributed by atoms with E-state index < -0.39 is 8.32 Å². The summed E-state index contributed by atoms with van der Waals surface area (Å²) in [6, 6.07) is 3.73. The van der Waals surface area contributed by atoms with Crippen LogP contribution in [0.5, 0.6) is 5.95 Å². The van der Waals surface area contributed by atoms with Gasteiger partial charge in [0.15, 0.2) is 0 Å². The Labute approximate surface area is 93.1 Å². The summed E-state index contributed by atoms with van der Waals surface area (Å²) in [5.74, 6) is 1.36. The smallest absolute Gasteiger partial charge is 0.270 e. The summed E-state index contributed by atoms with van der Waals surface area (Å²) in [4.78, 5) is 0. The Kier molecular flexibility index (Phi) is 3.14. The lowest BCUT2D eigenvalue weighted by atomic mass is 10.2. The average molecular weight is 224 g/mol. The first-order valence-electron chi connectivity index (χ1n) is 5.17. The molecule has 0 aliphatic heterocycles. The van der Waals surface area contributed by atoms with E-state index in [0.29, 0.717) is 5.95 Å². The zero-order valence-corrected chi connectivity index (χ0v) is 11.3. The van der Waals surface area contributed by atoms with E-state index in [1.807, 2.05) is 12.1 Å². The van der Waals surface area contributed by atoms with Crippen LogP contribution in [0.1, 0.15) is 26.5 Å². The zero-order valence-electron chi connectivity index (χ0n) is 10.3. The van der Waals surface area contributed by atoms with Crippen molar-refractivity contribution in [3.8, 4) is 5.95 Å². The minimum atomic E-state index is -1.77. The summed E-state index contributed by atoms with van der Waals surface area (Å²) >= 11 is 0. The average Bonchev–Trinajstić information content (AvgIpc) is 2.49. The second kappa shape index (κ2) is 3.89. The molecule has 0 saturated carbocycles. The zero-order chi connectivity index (χ0) is 11.7. The summed E-state index contributed by atoms with van der Waals surface area (Å²) in [6.07, 6.45) is 1.68. The van der Waals surface area contributed by atoms with Crippen LogP contribution in [0.4, 0.5) is 0 Å². The fourth-order valence-electron chi connectivity index (χ4n) is 0.904. The molecule has 0 amide bonds. The predicted molar refractivity (Wildman–Crippen MR) is 66.6 cm³/mol. The quantitative estimate of drug-likeness (QED) is 0.714. The topological polar surface area (TPSA) is 22.4 Å². The Hall–Kier alpha value is -0.963. The molecule has 0 atom stereocenters. The SMILES string of the molecule is C=Cc1ccc(O[Si](C)(C)C(C)(C)C)o1. The molecule has 0 fully saturated rings. The van der Waals surface area contributed by atoms with Crippen LogP contribution in [0.3, 0.4) is 0 Å². The Balaban J connectivity index is 2.81. The third-order valence-electron chi connectivity index (χ3n) is 2.97. The monoisotopic (exact) mass is 224 g/mol. The fourth-order valence-corrected chi connectivity index (χ4v) is 1.82. The fraction of sp³-hybridized carbons (Fsp3) is 0.500. The Morgan fingerprint density at radius 3 is 2.33 bits per heavy atom. The van der Waals surface area contributed by atoms with Crippen LogP contribution in [0.15, 0.2) is 23.1 Å². The van der Waals surface area contributed by atoms with E-state index in [-0.39, 0.29) is 5.04 Å². The van der Waals surface area contributed by atoms with Gasteiger partial charge in [-0.05, 0) is 30.3 Å². The van der Waals surface area contributed by atoms with Crippen molar-refractivity contribution in [1.82, 2.24) is 0 Å². The largest absolute Gasteiger partial charge is 0.519 e. The van der Waals surface area contributed by atoms with Crippen molar-refractivity contribution in [3.63, 3.8) is 0 Å². The second-order valence-electron chi connectivity index (χ2n) is 5.22. The standard InChI is InChI=1S/C12H20O2Si/c1-7-10-8-9-11(13-10)14-15(5,6)12(2,3)4/h7-9H,1H2,2-6H3. The Morgan fingerprint density at radius 1 is 1.33 bits per heavy atom. The molecule has 2 nitrogen and oxygen atoms in total. The molecule has 0 unspecified atom stereocenters. The summed E-state index contributed by atoms with van der Waals surface area (Å²) < 4.78 is 11.4. The van der Waals surface area contributed by atoms with Crippen LogP contribution in [-0.4, -0.2) is 8.32 Å². The molecule has 0 radical (unpaired) electrons. The number of rotatable bonds is 3. The third kappa shape index (κ3) is 2.75. The first kappa shape index (κ1) is 12.1. The summed E-state index contributed by atoms with van der Waals surface area (Å²) in [7, 11) is -1.77. The molecule has 0 bridgehead atoms. The van der Waals surface area contributed by atoms with Crippen molar-refractivity contribution in [2.75, 3.05) is 0 Å².